The highest BCUT2D eigenvalue weighted by atomic mass is 16.5. The second kappa shape index (κ2) is 7.02. The van der Waals surface area contributed by atoms with E-state index in [1.165, 1.54) is 19.1 Å². The molecule has 1 atom stereocenters. The minimum atomic E-state index is -0.153. The Morgan fingerprint density at radius 3 is 2.96 bits per heavy atom. The fourth-order valence-corrected chi connectivity index (χ4v) is 3.60. The average Bonchev–Trinajstić information content (AvgIpc) is 3.26. The Morgan fingerprint density at radius 2 is 2.26 bits per heavy atom. The molecule has 3 amide bonds. The molecular formula is C16H24N4O3. The molecule has 0 bridgehead atoms. The predicted molar refractivity (Wildman–Crippen MR) is 83.4 cm³/mol. The molecule has 1 aliphatic heterocycles. The van der Waals surface area contributed by atoms with Crippen LogP contribution in [-0.2, 0) is 11.3 Å². The smallest absolute Gasteiger partial charge is 0.317 e. The van der Waals surface area contributed by atoms with Gasteiger partial charge in [0.2, 0.25) is 5.91 Å². The second-order valence-corrected chi connectivity index (χ2v) is 6.58. The maximum atomic E-state index is 12.2. The molecular weight excluding hydrogens is 296 g/mol. The van der Waals surface area contributed by atoms with Crippen LogP contribution in [0.25, 0.3) is 0 Å². The lowest BCUT2D eigenvalue weighted by atomic mass is 10.1. The van der Waals surface area contributed by atoms with Crippen LogP contribution in [0.15, 0.2) is 16.9 Å². The highest BCUT2D eigenvalue weighted by molar-refractivity contribution is 5.79. The summed E-state index contributed by atoms with van der Waals surface area (Å²) in [4.78, 5) is 28.0. The van der Waals surface area contributed by atoms with Crippen LogP contribution < -0.4 is 5.32 Å². The second-order valence-electron chi connectivity index (χ2n) is 6.58. The van der Waals surface area contributed by atoms with E-state index in [1.807, 2.05) is 4.90 Å². The van der Waals surface area contributed by atoms with E-state index in [0.717, 1.165) is 19.4 Å². The maximum Gasteiger partial charge on any atom is 0.317 e. The summed E-state index contributed by atoms with van der Waals surface area (Å²) in [7, 11) is 1.76. The van der Waals surface area contributed by atoms with Gasteiger partial charge in [0.25, 0.3) is 0 Å². The minimum absolute atomic E-state index is 0.153. The van der Waals surface area contributed by atoms with Gasteiger partial charge in [-0.15, -0.1) is 0 Å². The van der Waals surface area contributed by atoms with Crippen LogP contribution in [0.4, 0.5) is 4.79 Å². The zero-order valence-corrected chi connectivity index (χ0v) is 13.5. The third-order valence-corrected chi connectivity index (χ3v) is 4.79. The van der Waals surface area contributed by atoms with E-state index >= 15 is 0 Å². The summed E-state index contributed by atoms with van der Waals surface area (Å²) in [5.74, 6) is 0.476. The van der Waals surface area contributed by atoms with E-state index in [2.05, 4.69) is 10.5 Å². The molecule has 1 aromatic heterocycles. The topological polar surface area (TPSA) is 78.7 Å². The molecule has 0 spiro atoms. The van der Waals surface area contributed by atoms with Crippen LogP contribution in [0.2, 0.25) is 0 Å². The van der Waals surface area contributed by atoms with Crippen molar-refractivity contribution in [2.45, 2.75) is 44.7 Å². The molecule has 1 aromatic rings. The maximum absolute atomic E-state index is 12.2. The number of likely N-dealkylation sites (tertiary alicyclic amines) is 1. The third kappa shape index (κ3) is 3.83. The number of carbonyl (C=O) groups excluding carboxylic acids is 2. The van der Waals surface area contributed by atoms with Crippen LogP contribution in [0.3, 0.4) is 0 Å². The summed E-state index contributed by atoms with van der Waals surface area (Å²) in [6.07, 6.45) is 6.75. The Labute approximate surface area is 136 Å². The summed E-state index contributed by atoms with van der Waals surface area (Å²) in [5, 5.41) is 6.56. The van der Waals surface area contributed by atoms with Gasteiger partial charge in [0, 0.05) is 44.6 Å². The standard InChI is InChI=1S/C16H24N4O3/c1-19(16(22)17-9-13-6-7-23-18-13)10-12-8-15(21)20(11-12)14-4-2-3-5-14/h6-7,12,14H,2-5,8-11H2,1H3,(H,17,22)/t12-/m1/s1. The molecule has 0 unspecified atom stereocenters. The van der Waals surface area contributed by atoms with Gasteiger partial charge in [-0.1, -0.05) is 18.0 Å². The normalized spacial score (nSPS) is 21.9. The van der Waals surface area contributed by atoms with Crippen molar-refractivity contribution in [3.05, 3.63) is 18.0 Å². The lowest BCUT2D eigenvalue weighted by molar-refractivity contribution is -0.129. The number of amides is 3. The van der Waals surface area contributed by atoms with Crippen LogP contribution in [0.1, 0.15) is 37.8 Å². The molecule has 7 nitrogen and oxygen atoms in total. The minimum Gasteiger partial charge on any atom is -0.364 e. The van der Waals surface area contributed by atoms with Crippen molar-refractivity contribution in [2.24, 2.45) is 5.92 Å². The largest absolute Gasteiger partial charge is 0.364 e. The van der Waals surface area contributed by atoms with E-state index in [0.29, 0.717) is 31.2 Å². The first-order valence-corrected chi connectivity index (χ1v) is 8.31. The molecule has 2 fully saturated rings. The Morgan fingerprint density at radius 1 is 1.48 bits per heavy atom. The molecule has 3 rings (SSSR count). The number of hydrogen-bond acceptors (Lipinski definition) is 4. The Bertz CT molecular complexity index is 540. The molecule has 2 heterocycles. The SMILES string of the molecule is CN(C[C@H]1CC(=O)N(C2CCCC2)C1)C(=O)NCc1ccon1. The van der Waals surface area contributed by atoms with Crippen molar-refractivity contribution in [3.63, 3.8) is 0 Å². The molecule has 2 aliphatic rings. The zero-order valence-electron chi connectivity index (χ0n) is 13.5. The van der Waals surface area contributed by atoms with E-state index in [9.17, 15) is 9.59 Å². The number of rotatable bonds is 5. The Hall–Kier alpha value is -2.05. The monoisotopic (exact) mass is 320 g/mol. The molecule has 1 saturated carbocycles. The fraction of sp³-hybridized carbons (Fsp3) is 0.688. The third-order valence-electron chi connectivity index (χ3n) is 4.79. The van der Waals surface area contributed by atoms with Crippen molar-refractivity contribution in [1.29, 1.82) is 0 Å². The van der Waals surface area contributed by atoms with Gasteiger partial charge < -0.3 is 19.6 Å². The Balaban J connectivity index is 1.45. The van der Waals surface area contributed by atoms with Gasteiger partial charge in [-0.25, -0.2) is 4.79 Å². The first kappa shape index (κ1) is 15.8. The molecule has 23 heavy (non-hydrogen) atoms. The van der Waals surface area contributed by atoms with Gasteiger partial charge in [-0.3, -0.25) is 4.79 Å². The van der Waals surface area contributed by atoms with Gasteiger partial charge in [-0.05, 0) is 12.8 Å². The van der Waals surface area contributed by atoms with Crippen LogP contribution in [0.5, 0.6) is 0 Å². The number of urea groups is 1. The lowest BCUT2D eigenvalue weighted by Crippen LogP contribution is -2.40. The Kier molecular flexibility index (Phi) is 4.83. The van der Waals surface area contributed by atoms with Crippen LogP contribution >= 0.6 is 0 Å². The number of nitrogens with one attached hydrogen (secondary N) is 1. The molecule has 0 radical (unpaired) electrons. The van der Waals surface area contributed by atoms with Gasteiger partial charge in [0.1, 0.15) is 12.0 Å². The van der Waals surface area contributed by atoms with Gasteiger partial charge >= 0.3 is 6.03 Å². The summed E-state index contributed by atoms with van der Waals surface area (Å²) >= 11 is 0. The fourth-order valence-electron chi connectivity index (χ4n) is 3.60. The van der Waals surface area contributed by atoms with E-state index in [4.69, 9.17) is 4.52 Å². The average molecular weight is 320 g/mol. The lowest BCUT2D eigenvalue weighted by Gasteiger charge is -2.25. The van der Waals surface area contributed by atoms with Crippen LogP contribution in [0, 0.1) is 5.92 Å². The van der Waals surface area contributed by atoms with E-state index in [1.54, 1.807) is 18.0 Å². The zero-order chi connectivity index (χ0) is 16.2. The summed E-state index contributed by atoms with van der Waals surface area (Å²) < 4.78 is 4.73. The van der Waals surface area contributed by atoms with Crippen molar-refractivity contribution < 1.29 is 14.1 Å². The van der Waals surface area contributed by atoms with Gasteiger partial charge in [0.15, 0.2) is 0 Å². The molecule has 7 heteroatoms. The number of carbonyl (C=O) groups is 2. The van der Waals surface area contributed by atoms with E-state index in [-0.39, 0.29) is 17.9 Å². The van der Waals surface area contributed by atoms with Crippen molar-refractivity contribution in [1.82, 2.24) is 20.3 Å². The molecule has 0 aromatic carbocycles. The molecule has 1 aliphatic carbocycles. The van der Waals surface area contributed by atoms with Crippen LogP contribution in [-0.4, -0.2) is 53.1 Å². The first-order valence-electron chi connectivity index (χ1n) is 8.31. The number of nitrogens with zero attached hydrogens (tertiary/aromatic N) is 3. The number of hydrogen-bond donors (Lipinski definition) is 1. The van der Waals surface area contributed by atoms with Crippen molar-refractivity contribution >= 4 is 11.9 Å². The van der Waals surface area contributed by atoms with Crippen molar-refractivity contribution in [2.75, 3.05) is 20.1 Å². The molecule has 126 valence electrons. The number of aromatic nitrogens is 1. The molecule has 1 N–H and O–H groups in total. The summed E-state index contributed by atoms with van der Waals surface area (Å²) in [6, 6.07) is 1.99. The quantitative estimate of drug-likeness (QED) is 0.894. The highest BCUT2D eigenvalue weighted by Gasteiger charge is 2.36. The van der Waals surface area contributed by atoms with E-state index < -0.39 is 0 Å². The predicted octanol–water partition coefficient (Wildman–Crippen LogP) is 1.61. The van der Waals surface area contributed by atoms with Gasteiger partial charge in [-0.2, -0.15) is 0 Å². The molecule has 1 saturated heterocycles. The summed E-state index contributed by atoms with van der Waals surface area (Å²) in [5.41, 5.74) is 0.690. The summed E-state index contributed by atoms with van der Waals surface area (Å²) in [6.45, 7) is 1.72. The first-order chi connectivity index (χ1) is 11.1. The van der Waals surface area contributed by atoms with Crippen molar-refractivity contribution in [3.8, 4) is 0 Å². The highest BCUT2D eigenvalue weighted by Crippen LogP contribution is 2.29. The van der Waals surface area contributed by atoms with Gasteiger partial charge in [0.05, 0.1) is 6.54 Å².